The average Bonchev–Trinajstić information content (AvgIpc) is 2.49. The molecule has 1 unspecified atom stereocenters. The van der Waals surface area contributed by atoms with E-state index in [0.29, 0.717) is 30.0 Å². The van der Waals surface area contributed by atoms with E-state index in [1.165, 1.54) is 14.2 Å². The lowest BCUT2D eigenvalue weighted by Gasteiger charge is -2.14. The lowest BCUT2D eigenvalue weighted by molar-refractivity contribution is -0.137. The summed E-state index contributed by atoms with van der Waals surface area (Å²) in [5.41, 5.74) is 0.391. The standard InChI is InChI=1S/C15H21NO5/c1-10(7-8-13(17)18)9-16-15(19)11-5-4-6-12(20-2)14(11)21-3/h4-6,10H,7-9H2,1-3H3,(H,16,19)(H,17,18). The van der Waals surface area contributed by atoms with Gasteiger partial charge in [-0.15, -0.1) is 0 Å². The third kappa shape index (κ3) is 4.98. The van der Waals surface area contributed by atoms with Crippen LogP contribution in [0.5, 0.6) is 11.5 Å². The van der Waals surface area contributed by atoms with Crippen LogP contribution >= 0.6 is 0 Å². The summed E-state index contributed by atoms with van der Waals surface area (Å²) >= 11 is 0. The van der Waals surface area contributed by atoms with Crippen LogP contribution in [0.4, 0.5) is 0 Å². The van der Waals surface area contributed by atoms with Crippen molar-refractivity contribution in [3.8, 4) is 11.5 Å². The van der Waals surface area contributed by atoms with Gasteiger partial charge in [-0.2, -0.15) is 0 Å². The van der Waals surface area contributed by atoms with Crippen LogP contribution in [0.2, 0.25) is 0 Å². The molecule has 6 nitrogen and oxygen atoms in total. The Bertz CT molecular complexity index is 501. The van der Waals surface area contributed by atoms with Gasteiger partial charge >= 0.3 is 5.97 Å². The number of ether oxygens (including phenoxy) is 2. The van der Waals surface area contributed by atoms with Gasteiger partial charge in [-0.3, -0.25) is 9.59 Å². The zero-order valence-corrected chi connectivity index (χ0v) is 12.5. The first-order valence-electron chi connectivity index (χ1n) is 6.70. The molecule has 1 amide bonds. The second kappa shape index (κ2) is 8.14. The van der Waals surface area contributed by atoms with Crippen molar-refractivity contribution in [3.63, 3.8) is 0 Å². The summed E-state index contributed by atoms with van der Waals surface area (Å²) < 4.78 is 10.4. The number of carbonyl (C=O) groups excluding carboxylic acids is 1. The van der Waals surface area contributed by atoms with E-state index in [4.69, 9.17) is 14.6 Å². The molecular formula is C15H21NO5. The van der Waals surface area contributed by atoms with Crippen LogP contribution in [0.25, 0.3) is 0 Å². The number of rotatable bonds is 8. The highest BCUT2D eigenvalue weighted by Crippen LogP contribution is 2.30. The quantitative estimate of drug-likeness (QED) is 0.765. The van der Waals surface area contributed by atoms with Gasteiger partial charge in [0.25, 0.3) is 5.91 Å². The van der Waals surface area contributed by atoms with Gasteiger partial charge < -0.3 is 19.9 Å². The van der Waals surface area contributed by atoms with E-state index in [-0.39, 0.29) is 18.2 Å². The van der Waals surface area contributed by atoms with Gasteiger partial charge in [0.15, 0.2) is 11.5 Å². The average molecular weight is 295 g/mol. The maximum Gasteiger partial charge on any atom is 0.303 e. The summed E-state index contributed by atoms with van der Waals surface area (Å²) in [6.07, 6.45) is 0.615. The van der Waals surface area contributed by atoms with Gasteiger partial charge in [-0.05, 0) is 24.5 Å². The second-order valence-corrected chi connectivity index (χ2v) is 4.79. The van der Waals surface area contributed by atoms with Gasteiger partial charge in [-0.25, -0.2) is 0 Å². The lowest BCUT2D eigenvalue weighted by Crippen LogP contribution is -2.29. The molecule has 0 radical (unpaired) electrons. The van der Waals surface area contributed by atoms with Crippen LogP contribution < -0.4 is 14.8 Å². The van der Waals surface area contributed by atoms with Gasteiger partial charge in [0.2, 0.25) is 0 Å². The Labute approximate surface area is 124 Å². The summed E-state index contributed by atoms with van der Waals surface area (Å²) in [4.78, 5) is 22.7. The lowest BCUT2D eigenvalue weighted by atomic mass is 10.1. The van der Waals surface area contributed by atoms with Crippen LogP contribution in [0, 0.1) is 5.92 Å². The van der Waals surface area contributed by atoms with Crippen molar-refractivity contribution in [2.24, 2.45) is 5.92 Å². The van der Waals surface area contributed by atoms with Crippen LogP contribution in [-0.4, -0.2) is 37.7 Å². The highest BCUT2D eigenvalue weighted by molar-refractivity contribution is 5.97. The Hall–Kier alpha value is -2.24. The number of aliphatic carboxylic acids is 1. The largest absolute Gasteiger partial charge is 0.493 e. The van der Waals surface area contributed by atoms with Gasteiger partial charge in [0.05, 0.1) is 19.8 Å². The van der Waals surface area contributed by atoms with E-state index in [1.807, 2.05) is 6.92 Å². The minimum absolute atomic E-state index is 0.0849. The summed E-state index contributed by atoms with van der Waals surface area (Å²) in [7, 11) is 2.98. The predicted molar refractivity (Wildman–Crippen MR) is 77.9 cm³/mol. The number of nitrogens with one attached hydrogen (secondary N) is 1. The minimum Gasteiger partial charge on any atom is -0.493 e. The number of carboxylic acids is 1. The zero-order valence-electron chi connectivity index (χ0n) is 12.5. The van der Waals surface area contributed by atoms with Gasteiger partial charge in [0, 0.05) is 13.0 Å². The second-order valence-electron chi connectivity index (χ2n) is 4.79. The van der Waals surface area contributed by atoms with E-state index < -0.39 is 5.97 Å². The Morgan fingerprint density at radius 3 is 2.57 bits per heavy atom. The summed E-state index contributed by atoms with van der Waals surface area (Å²) in [6.45, 7) is 2.30. The molecule has 0 fully saturated rings. The molecule has 0 saturated carbocycles. The SMILES string of the molecule is COc1cccc(C(=O)NCC(C)CCC(=O)O)c1OC. The van der Waals surface area contributed by atoms with Crippen molar-refractivity contribution in [2.75, 3.05) is 20.8 Å². The highest BCUT2D eigenvalue weighted by atomic mass is 16.5. The topological polar surface area (TPSA) is 84.9 Å². The van der Waals surface area contributed by atoms with Crippen LogP contribution in [0.3, 0.4) is 0 Å². The molecule has 21 heavy (non-hydrogen) atoms. The molecule has 1 aromatic carbocycles. The first-order chi connectivity index (χ1) is 9.99. The Morgan fingerprint density at radius 2 is 2.00 bits per heavy atom. The molecule has 1 aromatic rings. The first-order valence-corrected chi connectivity index (χ1v) is 6.70. The number of para-hydroxylation sites is 1. The molecule has 1 rings (SSSR count). The smallest absolute Gasteiger partial charge is 0.303 e. The highest BCUT2D eigenvalue weighted by Gasteiger charge is 2.16. The molecule has 0 aliphatic heterocycles. The molecule has 0 bridgehead atoms. The van der Waals surface area contributed by atoms with Crippen molar-refractivity contribution >= 4 is 11.9 Å². The maximum atomic E-state index is 12.2. The zero-order chi connectivity index (χ0) is 15.8. The van der Waals surface area contributed by atoms with Crippen molar-refractivity contribution in [3.05, 3.63) is 23.8 Å². The van der Waals surface area contributed by atoms with Crippen LogP contribution in [0.15, 0.2) is 18.2 Å². The molecule has 0 heterocycles. The number of hydrogen-bond donors (Lipinski definition) is 2. The number of benzene rings is 1. The van der Waals surface area contributed by atoms with Crippen LogP contribution in [0.1, 0.15) is 30.1 Å². The normalized spacial score (nSPS) is 11.6. The van der Waals surface area contributed by atoms with E-state index in [1.54, 1.807) is 18.2 Å². The number of hydrogen-bond acceptors (Lipinski definition) is 4. The van der Waals surface area contributed by atoms with E-state index in [0.717, 1.165) is 0 Å². The Balaban J connectivity index is 2.66. The molecule has 6 heteroatoms. The van der Waals surface area contributed by atoms with E-state index in [9.17, 15) is 9.59 Å². The summed E-state index contributed by atoms with van der Waals surface area (Å²) in [5, 5.41) is 11.4. The maximum absolute atomic E-state index is 12.2. The summed E-state index contributed by atoms with van der Waals surface area (Å²) in [6, 6.07) is 5.08. The third-order valence-corrected chi connectivity index (χ3v) is 3.11. The molecule has 0 spiro atoms. The van der Waals surface area contributed by atoms with E-state index >= 15 is 0 Å². The van der Waals surface area contributed by atoms with Gasteiger partial charge in [0.1, 0.15) is 0 Å². The monoisotopic (exact) mass is 295 g/mol. The Morgan fingerprint density at radius 1 is 1.29 bits per heavy atom. The fraction of sp³-hybridized carbons (Fsp3) is 0.467. The first kappa shape index (κ1) is 16.8. The number of methoxy groups -OCH3 is 2. The van der Waals surface area contributed by atoms with Gasteiger partial charge in [-0.1, -0.05) is 13.0 Å². The number of carboxylic acid groups (broad SMARTS) is 1. The van der Waals surface area contributed by atoms with Crippen LogP contribution in [-0.2, 0) is 4.79 Å². The molecule has 1 atom stereocenters. The molecule has 0 aromatic heterocycles. The van der Waals surface area contributed by atoms with E-state index in [2.05, 4.69) is 5.32 Å². The molecule has 116 valence electrons. The van der Waals surface area contributed by atoms with Crippen molar-refractivity contribution in [2.45, 2.75) is 19.8 Å². The molecule has 0 saturated heterocycles. The fourth-order valence-electron chi connectivity index (χ4n) is 1.90. The molecule has 2 N–H and O–H groups in total. The number of carbonyl (C=O) groups is 2. The minimum atomic E-state index is -0.831. The third-order valence-electron chi connectivity index (χ3n) is 3.11. The molecule has 0 aliphatic carbocycles. The fourth-order valence-corrected chi connectivity index (χ4v) is 1.90. The number of amides is 1. The molecule has 0 aliphatic rings. The Kier molecular flexibility index (Phi) is 6.52. The summed E-state index contributed by atoms with van der Waals surface area (Å²) in [5.74, 6) is -0.142. The molecular weight excluding hydrogens is 274 g/mol. The van der Waals surface area contributed by atoms with Crippen molar-refractivity contribution in [1.29, 1.82) is 0 Å². The van der Waals surface area contributed by atoms with Crippen molar-refractivity contribution < 1.29 is 24.2 Å². The van der Waals surface area contributed by atoms with Crippen molar-refractivity contribution in [1.82, 2.24) is 5.32 Å². The predicted octanol–water partition coefficient (Wildman–Crippen LogP) is 1.93.